The molecular formula is C18H22N2O2S. The van der Waals surface area contributed by atoms with Crippen LogP contribution in [0.5, 0.6) is 0 Å². The van der Waals surface area contributed by atoms with Gasteiger partial charge in [-0.2, -0.15) is 11.3 Å². The van der Waals surface area contributed by atoms with E-state index in [0.717, 1.165) is 12.0 Å². The maximum Gasteiger partial charge on any atom is 0.318 e. The van der Waals surface area contributed by atoms with E-state index in [4.69, 9.17) is 0 Å². The van der Waals surface area contributed by atoms with Gasteiger partial charge in [-0.05, 0) is 45.9 Å². The third kappa shape index (κ3) is 3.41. The number of thiophene rings is 1. The Hall–Kier alpha value is -1.85. The first-order valence-corrected chi connectivity index (χ1v) is 8.90. The molecule has 3 rings (SSSR count). The quantitative estimate of drug-likeness (QED) is 0.905. The van der Waals surface area contributed by atoms with Crippen LogP contribution in [0.3, 0.4) is 0 Å². The third-order valence-electron chi connectivity index (χ3n) is 4.52. The fourth-order valence-electron chi connectivity index (χ4n) is 3.11. The Bertz CT molecular complexity index is 657. The molecule has 1 aromatic carbocycles. The van der Waals surface area contributed by atoms with Gasteiger partial charge in [-0.25, -0.2) is 4.79 Å². The molecule has 4 nitrogen and oxygen atoms in total. The minimum Gasteiger partial charge on any atom is -0.394 e. The van der Waals surface area contributed by atoms with Crippen molar-refractivity contribution >= 4 is 17.4 Å². The maximum absolute atomic E-state index is 12.6. The molecule has 23 heavy (non-hydrogen) atoms. The second-order valence-corrected chi connectivity index (χ2v) is 6.76. The van der Waals surface area contributed by atoms with Gasteiger partial charge in [0, 0.05) is 13.1 Å². The predicted molar refractivity (Wildman–Crippen MR) is 92.8 cm³/mol. The number of urea groups is 1. The molecule has 1 aromatic heterocycles. The summed E-state index contributed by atoms with van der Waals surface area (Å²) in [5.74, 6) is 0.287. The van der Waals surface area contributed by atoms with Crippen molar-refractivity contribution in [1.82, 2.24) is 10.2 Å². The van der Waals surface area contributed by atoms with Crippen LogP contribution in [0.1, 0.15) is 35.6 Å². The van der Waals surface area contributed by atoms with Gasteiger partial charge in [-0.1, -0.05) is 31.2 Å². The van der Waals surface area contributed by atoms with Crippen molar-refractivity contribution in [2.75, 3.05) is 19.7 Å². The molecule has 1 aliphatic heterocycles. The van der Waals surface area contributed by atoms with Crippen LogP contribution >= 0.6 is 11.3 Å². The summed E-state index contributed by atoms with van der Waals surface area (Å²) >= 11 is 1.67. The molecule has 0 radical (unpaired) electrons. The number of carbonyl (C=O) groups excluding carboxylic acids is 1. The minimum atomic E-state index is -0.253. The van der Waals surface area contributed by atoms with E-state index in [0.29, 0.717) is 13.1 Å². The summed E-state index contributed by atoms with van der Waals surface area (Å²) in [6, 6.07) is 9.79. The molecule has 0 saturated carbocycles. The number of nitrogens with zero attached hydrogens (tertiary/aromatic N) is 1. The highest BCUT2D eigenvalue weighted by molar-refractivity contribution is 7.07. The lowest BCUT2D eigenvalue weighted by molar-refractivity contribution is 0.127. The standard InChI is InChI=1S/C18H22N2O2S/c1-13(15-7-9-23-12-15)10-19-18(22)20-8-6-14-4-2-3-5-16(14)17(20)11-21/h2-5,7,9,12-13,17,21H,6,8,10-11H2,1H3,(H,19,22). The van der Waals surface area contributed by atoms with Crippen LogP contribution in [-0.2, 0) is 6.42 Å². The van der Waals surface area contributed by atoms with Gasteiger partial charge < -0.3 is 15.3 Å². The van der Waals surface area contributed by atoms with Crippen molar-refractivity contribution in [2.45, 2.75) is 25.3 Å². The second kappa shape index (κ2) is 7.15. The Balaban J connectivity index is 1.65. The number of carbonyl (C=O) groups is 1. The van der Waals surface area contributed by atoms with Crippen molar-refractivity contribution in [3.63, 3.8) is 0 Å². The maximum atomic E-state index is 12.6. The highest BCUT2D eigenvalue weighted by atomic mass is 32.1. The molecule has 2 amide bonds. The number of aliphatic hydroxyl groups is 1. The lowest BCUT2D eigenvalue weighted by Gasteiger charge is -2.36. The fraction of sp³-hybridized carbons (Fsp3) is 0.389. The van der Waals surface area contributed by atoms with Crippen LogP contribution in [0.4, 0.5) is 4.79 Å². The average Bonchev–Trinajstić information content (AvgIpc) is 3.13. The molecule has 0 spiro atoms. The van der Waals surface area contributed by atoms with Gasteiger partial charge >= 0.3 is 6.03 Å². The van der Waals surface area contributed by atoms with Crippen molar-refractivity contribution in [3.05, 3.63) is 57.8 Å². The Morgan fingerprint density at radius 3 is 3.00 bits per heavy atom. The van der Waals surface area contributed by atoms with Crippen LogP contribution in [0.25, 0.3) is 0 Å². The van der Waals surface area contributed by atoms with Crippen molar-refractivity contribution in [3.8, 4) is 0 Å². The van der Waals surface area contributed by atoms with Crippen LogP contribution in [0.2, 0.25) is 0 Å². The molecule has 2 N–H and O–H groups in total. The summed E-state index contributed by atoms with van der Waals surface area (Å²) in [4.78, 5) is 14.3. The smallest absolute Gasteiger partial charge is 0.318 e. The van der Waals surface area contributed by atoms with Crippen molar-refractivity contribution in [2.24, 2.45) is 0 Å². The zero-order valence-corrected chi connectivity index (χ0v) is 14.1. The molecule has 5 heteroatoms. The number of nitrogens with one attached hydrogen (secondary N) is 1. The number of hydrogen-bond donors (Lipinski definition) is 2. The monoisotopic (exact) mass is 330 g/mol. The first-order valence-electron chi connectivity index (χ1n) is 7.96. The van der Waals surface area contributed by atoms with E-state index < -0.39 is 0 Å². The zero-order chi connectivity index (χ0) is 16.2. The van der Waals surface area contributed by atoms with Crippen LogP contribution in [0, 0.1) is 0 Å². The number of amides is 2. The van der Waals surface area contributed by atoms with Gasteiger partial charge in [-0.15, -0.1) is 0 Å². The Labute approximate surface area is 140 Å². The lowest BCUT2D eigenvalue weighted by atomic mass is 9.93. The van der Waals surface area contributed by atoms with Gasteiger partial charge in [0.05, 0.1) is 12.6 Å². The topological polar surface area (TPSA) is 52.6 Å². The number of rotatable bonds is 4. The third-order valence-corrected chi connectivity index (χ3v) is 5.22. The molecule has 2 atom stereocenters. The Kier molecular flexibility index (Phi) is 4.98. The molecular weight excluding hydrogens is 308 g/mol. The average molecular weight is 330 g/mol. The molecule has 0 saturated heterocycles. The predicted octanol–water partition coefficient (Wildman–Crippen LogP) is 3.15. The lowest BCUT2D eigenvalue weighted by Crippen LogP contribution is -2.47. The first kappa shape index (κ1) is 16.0. The molecule has 0 fully saturated rings. The molecule has 0 bridgehead atoms. The first-order chi connectivity index (χ1) is 11.2. The van der Waals surface area contributed by atoms with E-state index in [1.165, 1.54) is 11.1 Å². The highest BCUT2D eigenvalue weighted by Crippen LogP contribution is 2.29. The van der Waals surface area contributed by atoms with Crippen LogP contribution < -0.4 is 5.32 Å². The normalized spacial score (nSPS) is 18.3. The summed E-state index contributed by atoms with van der Waals surface area (Å²) in [5, 5.41) is 16.9. The number of hydrogen-bond acceptors (Lipinski definition) is 3. The molecule has 2 unspecified atom stereocenters. The van der Waals surface area contributed by atoms with Crippen LogP contribution in [0.15, 0.2) is 41.1 Å². The number of benzene rings is 1. The van der Waals surface area contributed by atoms with E-state index in [-0.39, 0.29) is 24.6 Å². The largest absolute Gasteiger partial charge is 0.394 e. The summed E-state index contributed by atoms with van der Waals surface area (Å²) in [6.07, 6.45) is 0.834. The number of aliphatic hydroxyl groups excluding tert-OH is 1. The molecule has 2 heterocycles. The molecule has 1 aliphatic rings. The SMILES string of the molecule is CC(CNC(=O)N1CCc2ccccc2C1CO)c1ccsc1. The highest BCUT2D eigenvalue weighted by Gasteiger charge is 2.30. The van der Waals surface area contributed by atoms with Crippen molar-refractivity contribution < 1.29 is 9.90 Å². The van der Waals surface area contributed by atoms with E-state index in [9.17, 15) is 9.90 Å². The van der Waals surface area contributed by atoms with E-state index in [2.05, 4.69) is 35.1 Å². The molecule has 122 valence electrons. The van der Waals surface area contributed by atoms with Gasteiger partial charge in [0.2, 0.25) is 0 Å². The summed E-state index contributed by atoms with van der Waals surface area (Å²) in [7, 11) is 0. The van der Waals surface area contributed by atoms with Gasteiger partial charge in [-0.3, -0.25) is 0 Å². The van der Waals surface area contributed by atoms with Gasteiger partial charge in [0.1, 0.15) is 0 Å². The summed E-state index contributed by atoms with van der Waals surface area (Å²) < 4.78 is 0. The minimum absolute atomic E-state index is 0.0511. The summed E-state index contributed by atoms with van der Waals surface area (Å²) in [5.41, 5.74) is 3.53. The number of fused-ring (bicyclic) bond motifs is 1. The van der Waals surface area contributed by atoms with Crippen molar-refractivity contribution in [1.29, 1.82) is 0 Å². The molecule has 2 aromatic rings. The fourth-order valence-corrected chi connectivity index (χ4v) is 3.89. The van der Waals surface area contributed by atoms with E-state index in [1.54, 1.807) is 16.2 Å². The van der Waals surface area contributed by atoms with Gasteiger partial charge in [0.25, 0.3) is 0 Å². The zero-order valence-electron chi connectivity index (χ0n) is 13.2. The summed E-state index contributed by atoms with van der Waals surface area (Å²) in [6.45, 7) is 3.30. The Morgan fingerprint density at radius 2 is 2.26 bits per heavy atom. The van der Waals surface area contributed by atoms with E-state index in [1.807, 2.05) is 18.2 Å². The van der Waals surface area contributed by atoms with Gasteiger partial charge in [0.15, 0.2) is 0 Å². The van der Waals surface area contributed by atoms with E-state index >= 15 is 0 Å². The Morgan fingerprint density at radius 1 is 1.43 bits per heavy atom. The van der Waals surface area contributed by atoms with Crippen LogP contribution in [-0.4, -0.2) is 35.7 Å². The molecule has 0 aliphatic carbocycles. The second-order valence-electron chi connectivity index (χ2n) is 5.98.